The quantitative estimate of drug-likeness (QED) is 0.686. The summed E-state index contributed by atoms with van der Waals surface area (Å²) in [4.78, 5) is 0. The fourth-order valence-electron chi connectivity index (χ4n) is 2.02. The molecule has 1 aromatic rings. The second-order valence-corrected chi connectivity index (χ2v) is 5.47. The fraction of sp³-hybridized carbons (Fsp3) is 0.600. The van der Waals surface area contributed by atoms with Gasteiger partial charge in [0.25, 0.3) is 0 Å². The first-order valence-electron chi connectivity index (χ1n) is 6.25. The van der Waals surface area contributed by atoms with Crippen molar-refractivity contribution in [2.24, 2.45) is 5.92 Å². The lowest BCUT2D eigenvalue weighted by molar-refractivity contribution is 0.399. The number of alkyl halides is 1. The molecule has 0 spiro atoms. The number of halogens is 1. The van der Waals surface area contributed by atoms with Gasteiger partial charge in [-0.15, -0.1) is 11.6 Å². The van der Waals surface area contributed by atoms with Gasteiger partial charge in [0.15, 0.2) is 0 Å². The minimum absolute atomic E-state index is 0.352. The highest BCUT2D eigenvalue weighted by molar-refractivity contribution is 6.18. The third kappa shape index (κ3) is 3.38. The van der Waals surface area contributed by atoms with Crippen molar-refractivity contribution in [1.82, 2.24) is 0 Å². The van der Waals surface area contributed by atoms with Crippen molar-refractivity contribution in [3.63, 3.8) is 0 Å². The van der Waals surface area contributed by atoms with E-state index in [9.17, 15) is 0 Å². The van der Waals surface area contributed by atoms with Gasteiger partial charge in [-0.25, -0.2) is 0 Å². The van der Waals surface area contributed by atoms with Gasteiger partial charge in [-0.1, -0.05) is 39.8 Å². The van der Waals surface area contributed by atoms with Crippen molar-refractivity contribution in [3.05, 3.63) is 29.3 Å². The predicted octanol–water partition coefficient (Wildman–Crippen LogP) is 4.80. The van der Waals surface area contributed by atoms with Gasteiger partial charge in [0, 0.05) is 11.8 Å². The first-order valence-corrected chi connectivity index (χ1v) is 6.78. The second kappa shape index (κ2) is 6.30. The Hall–Kier alpha value is -0.690. The van der Waals surface area contributed by atoms with Crippen molar-refractivity contribution >= 4 is 11.6 Å². The minimum Gasteiger partial charge on any atom is -0.496 e. The summed E-state index contributed by atoms with van der Waals surface area (Å²) in [5.74, 6) is 2.99. The lowest BCUT2D eigenvalue weighted by Crippen LogP contribution is -2.10. The van der Waals surface area contributed by atoms with Crippen LogP contribution in [0.1, 0.15) is 50.7 Å². The van der Waals surface area contributed by atoms with E-state index in [2.05, 4.69) is 45.9 Å². The van der Waals surface area contributed by atoms with Gasteiger partial charge in [-0.05, 0) is 29.0 Å². The molecule has 0 N–H and O–H groups in total. The molecule has 0 fully saturated rings. The zero-order chi connectivity index (χ0) is 13.0. The Kier molecular flexibility index (Phi) is 5.32. The summed E-state index contributed by atoms with van der Waals surface area (Å²) in [6.45, 7) is 8.82. The Morgan fingerprint density at radius 1 is 1.18 bits per heavy atom. The van der Waals surface area contributed by atoms with Crippen molar-refractivity contribution < 1.29 is 4.74 Å². The van der Waals surface area contributed by atoms with Crippen LogP contribution in [0.2, 0.25) is 0 Å². The van der Waals surface area contributed by atoms with Crippen LogP contribution in [0, 0.1) is 5.92 Å². The van der Waals surface area contributed by atoms with E-state index < -0.39 is 0 Å². The van der Waals surface area contributed by atoms with Gasteiger partial charge in [0.05, 0.1) is 7.11 Å². The van der Waals surface area contributed by atoms with Gasteiger partial charge >= 0.3 is 0 Å². The highest BCUT2D eigenvalue weighted by Gasteiger charge is 2.19. The normalized spacial score (nSPS) is 13.2. The Labute approximate surface area is 110 Å². The summed E-state index contributed by atoms with van der Waals surface area (Å²) in [6.07, 6.45) is 0. The summed E-state index contributed by atoms with van der Waals surface area (Å²) in [5, 5.41) is 0. The van der Waals surface area contributed by atoms with Gasteiger partial charge in [0.2, 0.25) is 0 Å². The molecule has 1 nitrogen and oxygen atoms in total. The number of hydrogen-bond donors (Lipinski definition) is 0. The van der Waals surface area contributed by atoms with Gasteiger partial charge in [-0.3, -0.25) is 0 Å². The zero-order valence-corrected chi connectivity index (χ0v) is 12.2. The third-order valence-corrected chi connectivity index (χ3v) is 3.62. The molecule has 0 aliphatic carbocycles. The van der Waals surface area contributed by atoms with E-state index in [-0.39, 0.29) is 0 Å². The summed E-state index contributed by atoms with van der Waals surface area (Å²) >= 11 is 6.10. The van der Waals surface area contributed by atoms with E-state index in [1.54, 1.807) is 7.11 Å². The molecule has 0 heterocycles. The maximum Gasteiger partial charge on any atom is 0.122 e. The number of rotatable bonds is 5. The van der Waals surface area contributed by atoms with Crippen molar-refractivity contribution in [3.8, 4) is 5.75 Å². The molecule has 2 heteroatoms. The molecule has 1 unspecified atom stereocenters. The number of benzene rings is 1. The molecule has 0 saturated heterocycles. The van der Waals surface area contributed by atoms with Crippen molar-refractivity contribution in [2.45, 2.75) is 39.5 Å². The number of hydrogen-bond acceptors (Lipinski definition) is 1. The smallest absolute Gasteiger partial charge is 0.122 e. The summed E-state index contributed by atoms with van der Waals surface area (Å²) in [6, 6.07) is 6.45. The Morgan fingerprint density at radius 2 is 1.82 bits per heavy atom. The minimum atomic E-state index is 0.352. The SMILES string of the molecule is COc1ccc(C(C)C)cc1C(CCl)C(C)C. The Morgan fingerprint density at radius 3 is 2.24 bits per heavy atom. The summed E-state index contributed by atoms with van der Waals surface area (Å²) < 4.78 is 5.45. The molecular formula is C15H23ClO. The van der Waals surface area contributed by atoms with Crippen molar-refractivity contribution in [2.75, 3.05) is 13.0 Å². The molecule has 0 amide bonds. The van der Waals surface area contributed by atoms with Crippen LogP contribution >= 0.6 is 11.6 Å². The van der Waals surface area contributed by atoms with Crippen molar-refractivity contribution in [1.29, 1.82) is 0 Å². The Bertz CT molecular complexity index is 358. The predicted molar refractivity (Wildman–Crippen MR) is 75.4 cm³/mol. The Balaban J connectivity index is 3.21. The van der Waals surface area contributed by atoms with Crippen LogP contribution in [0.3, 0.4) is 0 Å². The van der Waals surface area contributed by atoms with E-state index >= 15 is 0 Å². The molecule has 0 bridgehead atoms. The maximum absolute atomic E-state index is 6.10. The average molecular weight is 255 g/mol. The molecule has 0 aromatic heterocycles. The highest BCUT2D eigenvalue weighted by atomic mass is 35.5. The summed E-state index contributed by atoms with van der Waals surface area (Å²) in [5.41, 5.74) is 2.58. The fourth-order valence-corrected chi connectivity index (χ4v) is 2.54. The topological polar surface area (TPSA) is 9.23 Å². The average Bonchev–Trinajstić information content (AvgIpc) is 2.29. The number of ether oxygens (including phenoxy) is 1. The first-order chi connectivity index (χ1) is 8.01. The lowest BCUT2D eigenvalue weighted by atomic mass is 9.87. The second-order valence-electron chi connectivity index (χ2n) is 5.16. The zero-order valence-electron chi connectivity index (χ0n) is 11.5. The van der Waals surface area contributed by atoms with Crippen LogP contribution in [0.25, 0.3) is 0 Å². The monoisotopic (exact) mass is 254 g/mol. The van der Waals surface area contributed by atoms with Gasteiger partial charge in [0.1, 0.15) is 5.75 Å². The molecule has 96 valence electrons. The van der Waals surface area contributed by atoms with Crippen LogP contribution in [0.15, 0.2) is 18.2 Å². The number of methoxy groups -OCH3 is 1. The molecule has 0 aliphatic heterocycles. The molecule has 0 radical (unpaired) electrons. The van der Waals surface area contributed by atoms with Crippen LogP contribution < -0.4 is 4.74 Å². The molecule has 1 aromatic carbocycles. The molecule has 0 aliphatic rings. The van der Waals surface area contributed by atoms with E-state index in [0.717, 1.165) is 5.75 Å². The maximum atomic E-state index is 6.10. The van der Waals surface area contributed by atoms with Crippen LogP contribution in [0.4, 0.5) is 0 Å². The first kappa shape index (κ1) is 14.4. The van der Waals surface area contributed by atoms with Crippen LogP contribution in [0.5, 0.6) is 5.75 Å². The van der Waals surface area contributed by atoms with Gasteiger partial charge < -0.3 is 4.74 Å². The molecule has 17 heavy (non-hydrogen) atoms. The van der Waals surface area contributed by atoms with E-state index in [0.29, 0.717) is 23.6 Å². The largest absolute Gasteiger partial charge is 0.496 e. The molecular weight excluding hydrogens is 232 g/mol. The van der Waals surface area contributed by atoms with E-state index in [4.69, 9.17) is 16.3 Å². The molecule has 0 saturated carbocycles. The molecule has 1 rings (SSSR count). The van der Waals surface area contributed by atoms with Crippen LogP contribution in [-0.4, -0.2) is 13.0 Å². The van der Waals surface area contributed by atoms with E-state index in [1.165, 1.54) is 11.1 Å². The van der Waals surface area contributed by atoms with E-state index in [1.807, 2.05) is 0 Å². The summed E-state index contributed by atoms with van der Waals surface area (Å²) in [7, 11) is 1.72. The van der Waals surface area contributed by atoms with Crippen LogP contribution in [-0.2, 0) is 0 Å². The standard InChI is InChI=1S/C15H23ClO/c1-10(2)12-6-7-15(17-5)13(8-12)14(9-16)11(3)4/h6-8,10-11,14H,9H2,1-5H3. The highest BCUT2D eigenvalue weighted by Crippen LogP contribution is 2.35. The third-order valence-electron chi connectivity index (χ3n) is 3.29. The van der Waals surface area contributed by atoms with Gasteiger partial charge in [-0.2, -0.15) is 0 Å². The lowest BCUT2D eigenvalue weighted by Gasteiger charge is -2.22. The molecule has 1 atom stereocenters.